The molecule has 1 aliphatic carbocycles. The largest absolute Gasteiger partial charge is 0.461 e. The number of likely N-dealkylation sites (tertiary alicyclic amines) is 1. The minimum Gasteiger partial charge on any atom is -0.461 e. The van der Waals surface area contributed by atoms with Gasteiger partial charge in [-0.15, -0.1) is 0 Å². The highest BCUT2D eigenvalue weighted by molar-refractivity contribution is 6.01. The standard InChI is InChI=1S/C36H45FN4O6/c1-5-46-34(44)29-20-25-19-26(15-16-28(25)39-29)38-32(42)31-27(22-9-7-6-8-10-22)17-18-41(31)33(43)24-13-11-23(12-14-24)30(21-37)40-35(45)47-36(2,3)4/h6-10,15-16,19-20,23-24,27,30-31,39H,5,11-14,17-18,21H2,1-4H3,(H,38,42)(H,40,45)/t23?,24?,27-,30-,31+/m1/s1. The van der Waals surface area contributed by atoms with Gasteiger partial charge in [-0.05, 0) is 95.5 Å². The van der Waals surface area contributed by atoms with Gasteiger partial charge in [-0.25, -0.2) is 14.0 Å². The minimum absolute atomic E-state index is 0.0703. The zero-order chi connectivity index (χ0) is 33.7. The summed E-state index contributed by atoms with van der Waals surface area (Å²) in [5.41, 5.74) is 1.92. The van der Waals surface area contributed by atoms with E-state index in [4.69, 9.17) is 9.47 Å². The van der Waals surface area contributed by atoms with E-state index in [1.54, 1.807) is 56.9 Å². The van der Waals surface area contributed by atoms with Crippen LogP contribution in [0.25, 0.3) is 10.9 Å². The molecule has 3 aromatic rings. The van der Waals surface area contributed by atoms with Gasteiger partial charge < -0.3 is 30.0 Å². The first-order valence-corrected chi connectivity index (χ1v) is 16.5. The zero-order valence-corrected chi connectivity index (χ0v) is 27.5. The van der Waals surface area contributed by atoms with E-state index in [1.807, 2.05) is 30.3 Å². The summed E-state index contributed by atoms with van der Waals surface area (Å²) in [7, 11) is 0. The number of alkyl carbamates (subject to hydrolysis) is 1. The maximum Gasteiger partial charge on any atom is 0.407 e. The quantitative estimate of drug-likeness (QED) is 0.232. The molecule has 0 spiro atoms. The van der Waals surface area contributed by atoms with Crippen molar-refractivity contribution in [2.45, 2.75) is 83.4 Å². The van der Waals surface area contributed by atoms with Gasteiger partial charge in [0.1, 0.15) is 24.0 Å². The van der Waals surface area contributed by atoms with E-state index in [0.29, 0.717) is 50.0 Å². The van der Waals surface area contributed by atoms with E-state index in [0.717, 1.165) is 16.5 Å². The summed E-state index contributed by atoms with van der Waals surface area (Å²) < 4.78 is 24.4. The molecule has 5 rings (SSSR count). The molecule has 3 amide bonds. The van der Waals surface area contributed by atoms with E-state index in [9.17, 15) is 23.6 Å². The van der Waals surface area contributed by atoms with Crippen LogP contribution in [-0.4, -0.2) is 71.3 Å². The molecule has 0 unspecified atom stereocenters. The second-order valence-electron chi connectivity index (χ2n) is 13.5. The number of H-pyrrole nitrogens is 1. The third-order valence-electron chi connectivity index (χ3n) is 9.12. The van der Waals surface area contributed by atoms with Gasteiger partial charge in [0.2, 0.25) is 11.8 Å². The van der Waals surface area contributed by atoms with Crippen molar-refractivity contribution in [2.24, 2.45) is 11.8 Å². The molecule has 1 saturated heterocycles. The number of alkyl halides is 1. The topological polar surface area (TPSA) is 130 Å². The molecule has 0 bridgehead atoms. The maximum atomic E-state index is 14.1. The summed E-state index contributed by atoms with van der Waals surface area (Å²) in [5, 5.41) is 6.45. The molecule has 1 aromatic heterocycles. The van der Waals surface area contributed by atoms with Crippen LogP contribution >= 0.6 is 0 Å². The van der Waals surface area contributed by atoms with Crippen molar-refractivity contribution >= 4 is 40.5 Å². The highest BCUT2D eigenvalue weighted by Crippen LogP contribution is 2.39. The Morgan fingerprint density at radius 3 is 2.38 bits per heavy atom. The second kappa shape index (κ2) is 14.6. The molecule has 10 nitrogen and oxygen atoms in total. The highest BCUT2D eigenvalue weighted by atomic mass is 19.1. The summed E-state index contributed by atoms with van der Waals surface area (Å²) >= 11 is 0. The number of fused-ring (bicyclic) bond motifs is 1. The molecule has 252 valence electrons. The number of aromatic amines is 1. The van der Waals surface area contributed by atoms with Crippen LogP contribution < -0.4 is 10.6 Å². The number of ether oxygens (including phenoxy) is 2. The average Bonchev–Trinajstić information content (AvgIpc) is 3.68. The number of anilines is 1. The fourth-order valence-electron chi connectivity index (χ4n) is 6.90. The molecule has 3 atom stereocenters. The second-order valence-corrected chi connectivity index (χ2v) is 13.5. The molecule has 2 aliphatic rings. The smallest absolute Gasteiger partial charge is 0.407 e. The van der Waals surface area contributed by atoms with E-state index in [-0.39, 0.29) is 36.2 Å². The predicted octanol–water partition coefficient (Wildman–Crippen LogP) is 6.34. The summed E-state index contributed by atoms with van der Waals surface area (Å²) in [6.07, 6.45) is 2.25. The number of aromatic nitrogens is 1. The SMILES string of the molecule is CCOC(=O)c1cc2cc(NC(=O)[C@@H]3[C@@H](c4ccccc4)CCN3C(=O)C3CCC([C@@H](CF)NC(=O)OC(C)(C)C)CC3)ccc2[nH]1. The Bertz CT molecular complexity index is 1580. The lowest BCUT2D eigenvalue weighted by molar-refractivity contribution is -0.141. The molecule has 47 heavy (non-hydrogen) atoms. The molecule has 2 aromatic carbocycles. The van der Waals surface area contributed by atoms with E-state index in [2.05, 4.69) is 15.6 Å². The molecule has 11 heteroatoms. The first kappa shape index (κ1) is 33.9. The third-order valence-corrected chi connectivity index (χ3v) is 9.12. The van der Waals surface area contributed by atoms with Crippen LogP contribution in [0.4, 0.5) is 14.9 Å². The van der Waals surface area contributed by atoms with Crippen LogP contribution in [0.5, 0.6) is 0 Å². The Morgan fingerprint density at radius 1 is 1.00 bits per heavy atom. The Morgan fingerprint density at radius 2 is 1.72 bits per heavy atom. The Kier molecular flexibility index (Phi) is 10.5. The van der Waals surface area contributed by atoms with Crippen molar-refractivity contribution in [3.05, 3.63) is 65.9 Å². The van der Waals surface area contributed by atoms with Gasteiger partial charge in [-0.3, -0.25) is 9.59 Å². The van der Waals surface area contributed by atoms with Crippen molar-refractivity contribution in [2.75, 3.05) is 25.1 Å². The Hall–Kier alpha value is -4.41. The number of amides is 3. The lowest BCUT2D eigenvalue weighted by Crippen LogP contribution is -2.49. The highest BCUT2D eigenvalue weighted by Gasteiger charge is 2.45. The van der Waals surface area contributed by atoms with Gasteiger partial charge in [0, 0.05) is 35.0 Å². The Balaban J connectivity index is 1.29. The molecular formula is C36H45FN4O6. The van der Waals surface area contributed by atoms with Gasteiger partial charge in [-0.2, -0.15) is 0 Å². The molecule has 2 heterocycles. The first-order valence-electron chi connectivity index (χ1n) is 16.5. The van der Waals surface area contributed by atoms with Crippen molar-refractivity contribution in [3.63, 3.8) is 0 Å². The number of esters is 1. The fraction of sp³-hybridized carbons (Fsp3) is 0.500. The van der Waals surface area contributed by atoms with Crippen molar-refractivity contribution in [3.8, 4) is 0 Å². The predicted molar refractivity (Wildman–Crippen MR) is 177 cm³/mol. The molecular weight excluding hydrogens is 603 g/mol. The summed E-state index contributed by atoms with van der Waals surface area (Å²) in [6, 6.07) is 15.4. The number of rotatable bonds is 9. The maximum absolute atomic E-state index is 14.1. The summed E-state index contributed by atoms with van der Waals surface area (Å²) in [4.78, 5) is 57.4. The van der Waals surface area contributed by atoms with Crippen LogP contribution in [-0.2, 0) is 19.1 Å². The lowest BCUT2D eigenvalue weighted by Gasteiger charge is -2.36. The van der Waals surface area contributed by atoms with E-state index >= 15 is 0 Å². The van der Waals surface area contributed by atoms with Crippen LogP contribution in [0.2, 0.25) is 0 Å². The van der Waals surface area contributed by atoms with Crippen LogP contribution in [0, 0.1) is 11.8 Å². The van der Waals surface area contributed by atoms with Crippen molar-refractivity contribution < 1.29 is 33.0 Å². The lowest BCUT2D eigenvalue weighted by atomic mass is 9.78. The molecule has 3 N–H and O–H groups in total. The number of hydrogen-bond donors (Lipinski definition) is 3. The van der Waals surface area contributed by atoms with Gasteiger partial charge in [0.05, 0.1) is 12.6 Å². The molecule has 0 radical (unpaired) electrons. The first-order chi connectivity index (χ1) is 22.5. The molecule has 1 saturated carbocycles. The Labute approximate surface area is 274 Å². The molecule has 1 aliphatic heterocycles. The number of hydrogen-bond acceptors (Lipinski definition) is 6. The number of benzene rings is 2. The summed E-state index contributed by atoms with van der Waals surface area (Å²) in [6.45, 7) is 7.01. The molecule has 2 fully saturated rings. The third kappa shape index (κ3) is 8.12. The van der Waals surface area contributed by atoms with Crippen molar-refractivity contribution in [1.82, 2.24) is 15.2 Å². The average molecular weight is 649 g/mol. The monoisotopic (exact) mass is 648 g/mol. The number of nitrogens with zero attached hydrogens (tertiary/aromatic N) is 1. The van der Waals surface area contributed by atoms with Gasteiger partial charge in [-0.1, -0.05) is 30.3 Å². The van der Waals surface area contributed by atoms with E-state index in [1.165, 1.54) is 0 Å². The normalized spacial score (nSPS) is 22.0. The summed E-state index contributed by atoms with van der Waals surface area (Å²) in [5.74, 6) is -1.39. The van der Waals surface area contributed by atoms with Gasteiger partial charge in [0.25, 0.3) is 0 Å². The number of halogens is 1. The van der Waals surface area contributed by atoms with Crippen LogP contribution in [0.3, 0.4) is 0 Å². The van der Waals surface area contributed by atoms with Gasteiger partial charge in [0.15, 0.2) is 0 Å². The van der Waals surface area contributed by atoms with E-state index < -0.39 is 36.4 Å². The number of nitrogens with one attached hydrogen (secondary N) is 3. The van der Waals surface area contributed by atoms with Crippen LogP contribution in [0.15, 0.2) is 54.6 Å². The zero-order valence-electron chi connectivity index (χ0n) is 27.5. The van der Waals surface area contributed by atoms with Gasteiger partial charge >= 0.3 is 12.1 Å². The van der Waals surface area contributed by atoms with Crippen LogP contribution in [0.1, 0.15) is 81.8 Å². The number of carbonyl (C=O) groups excluding carboxylic acids is 4. The van der Waals surface area contributed by atoms with Crippen molar-refractivity contribution in [1.29, 1.82) is 0 Å². The fourth-order valence-corrected chi connectivity index (χ4v) is 6.90. The number of carbonyl (C=O) groups is 4. The minimum atomic E-state index is -0.716.